The highest BCUT2D eigenvalue weighted by Gasteiger charge is 2.38. The maximum atomic E-state index is 13.7. The van der Waals surface area contributed by atoms with Crippen molar-refractivity contribution in [3.63, 3.8) is 0 Å². The lowest BCUT2D eigenvalue weighted by Crippen LogP contribution is -2.52. The van der Waals surface area contributed by atoms with Gasteiger partial charge in [0.15, 0.2) is 0 Å². The van der Waals surface area contributed by atoms with Gasteiger partial charge >= 0.3 is 29.8 Å². The summed E-state index contributed by atoms with van der Waals surface area (Å²) in [5, 5.41) is 0. The summed E-state index contributed by atoms with van der Waals surface area (Å²) >= 11 is 0. The quantitative estimate of drug-likeness (QED) is 0.195. The van der Waals surface area contributed by atoms with Crippen LogP contribution in [0.4, 0.5) is 0 Å². The Balaban J connectivity index is 2.64. The average Bonchev–Trinajstić information content (AvgIpc) is 2.95. The van der Waals surface area contributed by atoms with Crippen molar-refractivity contribution in [2.45, 2.75) is 144 Å². The highest BCUT2D eigenvalue weighted by molar-refractivity contribution is 5.76. The molecule has 1 aromatic carbocycles. The molecular formula is C42H69N3O11. The lowest BCUT2D eigenvalue weighted by molar-refractivity contribution is -0.171. The van der Waals surface area contributed by atoms with E-state index in [1.165, 1.54) is 0 Å². The van der Waals surface area contributed by atoms with Crippen molar-refractivity contribution in [3.8, 4) is 5.75 Å². The van der Waals surface area contributed by atoms with Crippen molar-refractivity contribution < 1.29 is 52.4 Å². The van der Waals surface area contributed by atoms with E-state index in [2.05, 4.69) is 0 Å². The van der Waals surface area contributed by atoms with Gasteiger partial charge in [-0.05, 0) is 121 Å². The second kappa shape index (κ2) is 20.1. The molecule has 1 atom stereocenters. The van der Waals surface area contributed by atoms with E-state index in [4.69, 9.17) is 28.4 Å². The molecule has 0 aliphatic carbocycles. The van der Waals surface area contributed by atoms with Gasteiger partial charge in [0, 0.05) is 32.1 Å². The molecule has 14 nitrogen and oxygen atoms in total. The van der Waals surface area contributed by atoms with Crippen LogP contribution in [0, 0.1) is 0 Å². The topological polar surface area (TPSA) is 150 Å². The Hall–Kier alpha value is -3.75. The largest absolute Gasteiger partial charge is 0.494 e. The van der Waals surface area contributed by atoms with E-state index in [0.717, 1.165) is 5.56 Å². The van der Waals surface area contributed by atoms with Crippen LogP contribution in [0.25, 0.3) is 0 Å². The molecule has 0 amide bonds. The SMILES string of the molecule is CCOc1ccc(C[C@H]2CN(CCN(CC(=O)OC(C)(C)C)CC(=O)OC(C)(C)C)CC(=O)OC(C)(C)CC(C)(C)OC(=O)CN2CC(=O)OC(C)(C)C)cc1. The molecule has 0 bridgehead atoms. The second-order valence-electron chi connectivity index (χ2n) is 18.7. The van der Waals surface area contributed by atoms with E-state index in [1.54, 1.807) is 99.8 Å². The van der Waals surface area contributed by atoms with E-state index in [9.17, 15) is 24.0 Å². The molecule has 0 radical (unpaired) electrons. The summed E-state index contributed by atoms with van der Waals surface area (Å²) in [4.78, 5) is 72.2. The third-order valence-corrected chi connectivity index (χ3v) is 8.04. The predicted octanol–water partition coefficient (Wildman–Crippen LogP) is 4.97. The molecule has 1 aliphatic heterocycles. The number of cyclic esters (lactones) is 2. The van der Waals surface area contributed by atoms with E-state index in [-0.39, 0.29) is 58.8 Å². The van der Waals surface area contributed by atoms with Crippen molar-refractivity contribution in [3.05, 3.63) is 29.8 Å². The first-order chi connectivity index (χ1) is 25.5. The molecule has 0 spiro atoms. The second-order valence-corrected chi connectivity index (χ2v) is 18.7. The van der Waals surface area contributed by atoms with Crippen molar-refractivity contribution in [2.75, 3.05) is 59.0 Å². The monoisotopic (exact) mass is 791 g/mol. The van der Waals surface area contributed by atoms with Gasteiger partial charge in [0.1, 0.15) is 33.8 Å². The van der Waals surface area contributed by atoms with Crippen LogP contribution in [-0.2, 0) is 54.1 Å². The number of hydrogen-bond acceptors (Lipinski definition) is 14. The third kappa shape index (κ3) is 20.4. The average molecular weight is 792 g/mol. The normalized spacial score (nSPS) is 19.1. The number of rotatable bonds is 13. The summed E-state index contributed by atoms with van der Waals surface area (Å²) in [6.45, 7) is 24.8. The number of carbonyl (C=O) groups excluding carboxylic acids is 5. The van der Waals surface area contributed by atoms with Gasteiger partial charge < -0.3 is 28.4 Å². The standard InChI is InChI=1S/C42H69N3O11/c1-15-51-32-18-16-30(17-19-32)22-31-23-43(20-21-44(24-33(46)52-38(2,3)4)25-34(47)53-39(5,6)7)26-35(48)55-41(11,12)29-42(13,14)56-37(50)28-45(31)27-36(49)54-40(8,9)10/h16-19,31H,15,20-29H2,1-14H3/t31-/m0/s1. The van der Waals surface area contributed by atoms with Crippen LogP contribution in [-0.4, -0.2) is 138 Å². The summed E-state index contributed by atoms with van der Waals surface area (Å²) in [6.07, 6.45) is 0.571. The minimum atomic E-state index is -1.01. The fourth-order valence-corrected chi connectivity index (χ4v) is 6.59. The number of esters is 5. The van der Waals surface area contributed by atoms with E-state index in [1.807, 2.05) is 36.1 Å². The lowest BCUT2D eigenvalue weighted by atomic mass is 9.92. The molecule has 1 aromatic rings. The zero-order valence-corrected chi connectivity index (χ0v) is 36.5. The van der Waals surface area contributed by atoms with Crippen LogP contribution >= 0.6 is 0 Å². The zero-order chi connectivity index (χ0) is 42.7. The predicted molar refractivity (Wildman–Crippen MR) is 212 cm³/mol. The van der Waals surface area contributed by atoms with Crippen molar-refractivity contribution in [2.24, 2.45) is 0 Å². The fourth-order valence-electron chi connectivity index (χ4n) is 6.59. The van der Waals surface area contributed by atoms with Crippen LogP contribution in [0.5, 0.6) is 5.75 Å². The van der Waals surface area contributed by atoms with Crippen molar-refractivity contribution >= 4 is 29.8 Å². The summed E-state index contributed by atoms with van der Waals surface area (Å²) < 4.78 is 34.5. The molecule has 56 heavy (non-hydrogen) atoms. The molecule has 2 rings (SSSR count). The molecule has 318 valence electrons. The molecule has 0 N–H and O–H groups in total. The lowest BCUT2D eigenvalue weighted by Gasteiger charge is -2.36. The Bertz CT molecular complexity index is 1440. The van der Waals surface area contributed by atoms with Crippen LogP contribution < -0.4 is 4.74 Å². The Labute approximate surface area is 334 Å². The van der Waals surface area contributed by atoms with Gasteiger partial charge in [0.05, 0.1) is 39.3 Å². The number of hydrogen-bond donors (Lipinski definition) is 0. The van der Waals surface area contributed by atoms with E-state index in [0.29, 0.717) is 18.8 Å². The van der Waals surface area contributed by atoms with Crippen LogP contribution in [0.1, 0.15) is 109 Å². The molecule has 1 heterocycles. The molecule has 14 heteroatoms. The van der Waals surface area contributed by atoms with Crippen LogP contribution in [0.2, 0.25) is 0 Å². The number of carbonyl (C=O) groups is 5. The van der Waals surface area contributed by atoms with Crippen molar-refractivity contribution in [1.29, 1.82) is 0 Å². The van der Waals surface area contributed by atoms with Gasteiger partial charge in [-0.2, -0.15) is 0 Å². The molecule has 1 saturated heterocycles. The van der Waals surface area contributed by atoms with Gasteiger partial charge in [-0.1, -0.05) is 12.1 Å². The Morgan fingerprint density at radius 2 is 1.21 bits per heavy atom. The summed E-state index contributed by atoms with van der Waals surface area (Å²) in [5.41, 5.74) is -3.39. The van der Waals surface area contributed by atoms with Crippen LogP contribution in [0.3, 0.4) is 0 Å². The minimum absolute atomic E-state index is 0.159. The minimum Gasteiger partial charge on any atom is -0.494 e. The third-order valence-electron chi connectivity index (χ3n) is 8.04. The molecular weight excluding hydrogens is 722 g/mol. The first-order valence-corrected chi connectivity index (χ1v) is 19.5. The number of benzene rings is 1. The van der Waals surface area contributed by atoms with E-state index < -0.39 is 63.9 Å². The van der Waals surface area contributed by atoms with Gasteiger partial charge in [-0.25, -0.2) is 0 Å². The highest BCUT2D eigenvalue weighted by atomic mass is 16.6. The smallest absolute Gasteiger partial charge is 0.320 e. The van der Waals surface area contributed by atoms with Gasteiger partial charge in [0.2, 0.25) is 0 Å². The summed E-state index contributed by atoms with van der Waals surface area (Å²) in [7, 11) is 0. The Morgan fingerprint density at radius 1 is 0.750 bits per heavy atom. The molecule has 1 fully saturated rings. The van der Waals surface area contributed by atoms with Crippen LogP contribution in [0.15, 0.2) is 24.3 Å². The van der Waals surface area contributed by atoms with Gasteiger partial charge in [0.25, 0.3) is 0 Å². The molecule has 0 unspecified atom stereocenters. The van der Waals surface area contributed by atoms with Crippen molar-refractivity contribution in [1.82, 2.24) is 14.7 Å². The number of ether oxygens (including phenoxy) is 6. The maximum absolute atomic E-state index is 13.7. The Morgan fingerprint density at radius 3 is 1.68 bits per heavy atom. The summed E-state index contributed by atoms with van der Waals surface area (Å²) in [5.74, 6) is -1.94. The molecule has 0 saturated carbocycles. The fraction of sp³-hybridized carbons (Fsp3) is 0.738. The molecule has 0 aromatic heterocycles. The van der Waals surface area contributed by atoms with E-state index >= 15 is 0 Å². The summed E-state index contributed by atoms with van der Waals surface area (Å²) in [6, 6.07) is 7.02. The zero-order valence-electron chi connectivity index (χ0n) is 36.5. The Kier molecular flexibility index (Phi) is 17.4. The first kappa shape index (κ1) is 48.4. The number of nitrogens with zero attached hydrogens (tertiary/aromatic N) is 3. The molecule has 1 aliphatic rings. The highest BCUT2D eigenvalue weighted by Crippen LogP contribution is 2.28. The van der Waals surface area contributed by atoms with Gasteiger partial charge in [-0.15, -0.1) is 0 Å². The maximum Gasteiger partial charge on any atom is 0.320 e. The first-order valence-electron chi connectivity index (χ1n) is 19.5. The van der Waals surface area contributed by atoms with Gasteiger partial charge in [-0.3, -0.25) is 38.7 Å².